The first-order chi connectivity index (χ1) is 6.65. The van der Waals surface area contributed by atoms with Gasteiger partial charge in [-0.05, 0) is 18.2 Å². The van der Waals surface area contributed by atoms with Gasteiger partial charge in [-0.1, -0.05) is 11.6 Å². The fraction of sp³-hybridized carbons (Fsp3) is 0.222. The molecule has 1 aromatic carbocycles. The van der Waals surface area contributed by atoms with Gasteiger partial charge < -0.3 is 14.6 Å². The van der Waals surface area contributed by atoms with Crippen LogP contribution < -0.4 is 4.74 Å². The standard InChI is InChI=1S/C9H7ClO4/c10-6-1-2-7-5(3-6)4-8(13-7)14-9(11)12/h1-3,8H,4H2,(H,11,12). The summed E-state index contributed by atoms with van der Waals surface area (Å²) >= 11 is 5.76. The molecule has 0 fully saturated rings. The predicted molar refractivity (Wildman–Crippen MR) is 48.7 cm³/mol. The number of fused-ring (bicyclic) bond motifs is 1. The second kappa shape index (κ2) is 3.38. The maximum Gasteiger partial charge on any atom is 0.508 e. The van der Waals surface area contributed by atoms with Crippen LogP contribution in [0.25, 0.3) is 0 Å². The third kappa shape index (κ3) is 1.75. The molecule has 74 valence electrons. The van der Waals surface area contributed by atoms with E-state index in [4.69, 9.17) is 21.4 Å². The van der Waals surface area contributed by atoms with E-state index < -0.39 is 12.4 Å². The zero-order chi connectivity index (χ0) is 10.1. The van der Waals surface area contributed by atoms with Crippen LogP contribution in [-0.4, -0.2) is 17.6 Å². The molecule has 0 saturated heterocycles. The number of benzene rings is 1. The largest absolute Gasteiger partial charge is 0.508 e. The number of carboxylic acid groups (broad SMARTS) is 1. The van der Waals surface area contributed by atoms with Gasteiger partial charge in [-0.15, -0.1) is 0 Å². The average molecular weight is 215 g/mol. The molecule has 1 N–H and O–H groups in total. The van der Waals surface area contributed by atoms with Crippen molar-refractivity contribution in [2.45, 2.75) is 12.7 Å². The topological polar surface area (TPSA) is 55.8 Å². The Morgan fingerprint density at radius 1 is 1.64 bits per heavy atom. The molecule has 14 heavy (non-hydrogen) atoms. The molecule has 1 aliphatic heterocycles. The van der Waals surface area contributed by atoms with Crippen molar-refractivity contribution in [3.05, 3.63) is 28.8 Å². The number of ether oxygens (including phenoxy) is 2. The molecule has 1 aromatic rings. The molecule has 0 bridgehead atoms. The van der Waals surface area contributed by atoms with Crippen molar-refractivity contribution < 1.29 is 19.4 Å². The molecule has 0 radical (unpaired) electrons. The highest BCUT2D eigenvalue weighted by molar-refractivity contribution is 6.30. The molecule has 1 unspecified atom stereocenters. The Morgan fingerprint density at radius 2 is 2.43 bits per heavy atom. The lowest BCUT2D eigenvalue weighted by Crippen LogP contribution is -2.20. The van der Waals surface area contributed by atoms with Crippen molar-refractivity contribution in [1.29, 1.82) is 0 Å². The van der Waals surface area contributed by atoms with Crippen molar-refractivity contribution in [2.24, 2.45) is 0 Å². The first-order valence-corrected chi connectivity index (χ1v) is 4.37. The molecule has 1 atom stereocenters. The van der Waals surface area contributed by atoms with Gasteiger partial charge in [0, 0.05) is 10.6 Å². The minimum Gasteiger partial charge on any atom is -0.454 e. The van der Waals surface area contributed by atoms with E-state index in [1.165, 1.54) is 0 Å². The number of hydrogen-bond donors (Lipinski definition) is 1. The molecular formula is C9H7ClO4. The van der Waals surface area contributed by atoms with Crippen molar-refractivity contribution in [3.8, 4) is 5.75 Å². The molecular weight excluding hydrogens is 208 g/mol. The fourth-order valence-electron chi connectivity index (χ4n) is 1.36. The van der Waals surface area contributed by atoms with E-state index in [1.54, 1.807) is 18.2 Å². The summed E-state index contributed by atoms with van der Waals surface area (Å²) in [5.74, 6) is 0.626. The third-order valence-electron chi connectivity index (χ3n) is 1.90. The van der Waals surface area contributed by atoms with E-state index in [1.807, 2.05) is 0 Å². The molecule has 0 aromatic heterocycles. The summed E-state index contributed by atoms with van der Waals surface area (Å²) in [6.45, 7) is 0. The Labute approximate surface area is 85.0 Å². The van der Waals surface area contributed by atoms with Crippen LogP contribution in [0.2, 0.25) is 5.02 Å². The predicted octanol–water partition coefficient (Wildman–Crippen LogP) is 2.30. The van der Waals surface area contributed by atoms with E-state index in [2.05, 4.69) is 4.74 Å². The maximum absolute atomic E-state index is 10.2. The van der Waals surface area contributed by atoms with Crippen LogP contribution in [0.3, 0.4) is 0 Å². The zero-order valence-corrected chi connectivity index (χ0v) is 7.82. The summed E-state index contributed by atoms with van der Waals surface area (Å²) in [6, 6.07) is 5.12. The molecule has 0 amide bonds. The lowest BCUT2D eigenvalue weighted by atomic mass is 10.2. The summed E-state index contributed by atoms with van der Waals surface area (Å²) in [5, 5.41) is 8.98. The van der Waals surface area contributed by atoms with Crippen molar-refractivity contribution >= 4 is 17.8 Å². The summed E-state index contributed by atoms with van der Waals surface area (Å²) in [4.78, 5) is 10.2. The van der Waals surface area contributed by atoms with Gasteiger partial charge in [0.25, 0.3) is 6.29 Å². The lowest BCUT2D eigenvalue weighted by molar-refractivity contribution is -0.0393. The van der Waals surface area contributed by atoms with Crippen LogP contribution in [0.4, 0.5) is 4.79 Å². The highest BCUT2D eigenvalue weighted by atomic mass is 35.5. The van der Waals surface area contributed by atoms with E-state index in [0.29, 0.717) is 17.2 Å². The van der Waals surface area contributed by atoms with Crippen molar-refractivity contribution in [1.82, 2.24) is 0 Å². The second-order valence-electron chi connectivity index (χ2n) is 2.89. The molecule has 1 aliphatic rings. The Morgan fingerprint density at radius 3 is 3.14 bits per heavy atom. The summed E-state index contributed by atoms with van der Waals surface area (Å²) < 4.78 is 9.70. The van der Waals surface area contributed by atoms with Crippen LogP contribution in [0, 0.1) is 0 Å². The monoisotopic (exact) mass is 214 g/mol. The zero-order valence-electron chi connectivity index (χ0n) is 7.07. The van der Waals surface area contributed by atoms with E-state index in [9.17, 15) is 4.79 Å². The quantitative estimate of drug-likeness (QED) is 0.729. The van der Waals surface area contributed by atoms with Gasteiger partial charge in [0.2, 0.25) is 0 Å². The summed E-state index contributed by atoms with van der Waals surface area (Å²) in [5.41, 5.74) is 0.865. The van der Waals surface area contributed by atoms with Crippen LogP contribution in [0.15, 0.2) is 18.2 Å². The SMILES string of the molecule is O=C(O)OC1Cc2cc(Cl)ccc2O1. The van der Waals surface area contributed by atoms with Gasteiger partial charge >= 0.3 is 6.16 Å². The normalized spacial score (nSPS) is 18.5. The molecule has 4 nitrogen and oxygen atoms in total. The van der Waals surface area contributed by atoms with Gasteiger partial charge in [-0.2, -0.15) is 0 Å². The first-order valence-electron chi connectivity index (χ1n) is 4.00. The molecule has 1 heterocycles. The Bertz CT molecular complexity index is 377. The Balaban J connectivity index is 2.14. The van der Waals surface area contributed by atoms with Crippen LogP contribution >= 0.6 is 11.6 Å². The second-order valence-corrected chi connectivity index (χ2v) is 3.32. The Kier molecular flexibility index (Phi) is 2.21. The summed E-state index contributed by atoms with van der Waals surface area (Å²) in [6.07, 6.45) is -1.68. The van der Waals surface area contributed by atoms with Gasteiger partial charge in [0.05, 0.1) is 6.42 Å². The lowest BCUT2D eigenvalue weighted by Gasteiger charge is -2.07. The van der Waals surface area contributed by atoms with E-state index >= 15 is 0 Å². The molecule has 0 spiro atoms. The Hall–Kier alpha value is -1.42. The van der Waals surface area contributed by atoms with Gasteiger partial charge in [0.1, 0.15) is 5.75 Å². The van der Waals surface area contributed by atoms with Gasteiger partial charge in [0.15, 0.2) is 0 Å². The highest BCUT2D eigenvalue weighted by Crippen LogP contribution is 2.31. The first kappa shape index (κ1) is 9.15. The molecule has 5 heteroatoms. The number of rotatable bonds is 1. The molecule has 0 saturated carbocycles. The number of hydrogen-bond acceptors (Lipinski definition) is 3. The van der Waals surface area contributed by atoms with Gasteiger partial charge in [-0.3, -0.25) is 0 Å². The van der Waals surface area contributed by atoms with Crippen molar-refractivity contribution in [2.75, 3.05) is 0 Å². The van der Waals surface area contributed by atoms with Gasteiger partial charge in [-0.25, -0.2) is 4.79 Å². The smallest absolute Gasteiger partial charge is 0.454 e. The maximum atomic E-state index is 10.2. The van der Waals surface area contributed by atoms with E-state index in [0.717, 1.165) is 5.56 Å². The van der Waals surface area contributed by atoms with Crippen LogP contribution in [0.1, 0.15) is 5.56 Å². The summed E-state index contributed by atoms with van der Waals surface area (Å²) in [7, 11) is 0. The molecule has 0 aliphatic carbocycles. The number of halogens is 1. The van der Waals surface area contributed by atoms with Crippen LogP contribution in [0.5, 0.6) is 5.75 Å². The van der Waals surface area contributed by atoms with E-state index in [-0.39, 0.29) is 0 Å². The fourth-order valence-corrected chi connectivity index (χ4v) is 1.56. The minimum absolute atomic E-state index is 0.405. The third-order valence-corrected chi connectivity index (χ3v) is 2.13. The van der Waals surface area contributed by atoms with Crippen molar-refractivity contribution in [3.63, 3.8) is 0 Å². The highest BCUT2D eigenvalue weighted by Gasteiger charge is 2.25. The molecule has 2 rings (SSSR count). The average Bonchev–Trinajstić information content (AvgIpc) is 2.44. The number of carbonyl (C=O) groups is 1. The van der Waals surface area contributed by atoms with Crippen LogP contribution in [-0.2, 0) is 11.2 Å². The minimum atomic E-state index is -1.34.